The molecule has 3 rings (SSSR count). The van der Waals surface area contributed by atoms with Crippen LogP contribution in [0.25, 0.3) is 0 Å². The summed E-state index contributed by atoms with van der Waals surface area (Å²) in [5.74, 6) is 1.45. The van der Waals surface area contributed by atoms with Crippen molar-refractivity contribution >= 4 is 17.7 Å². The first-order chi connectivity index (χ1) is 12.7. The summed E-state index contributed by atoms with van der Waals surface area (Å²) in [6.45, 7) is 7.37. The number of ether oxygens (including phenoxy) is 1. The fourth-order valence-corrected chi connectivity index (χ4v) is 2.71. The number of rotatable bonds is 6. The van der Waals surface area contributed by atoms with Crippen molar-refractivity contribution in [2.24, 2.45) is 0 Å². The summed E-state index contributed by atoms with van der Waals surface area (Å²) in [4.78, 5) is 33.1. The van der Waals surface area contributed by atoms with Gasteiger partial charge in [-0.1, -0.05) is 0 Å². The molecule has 1 amide bonds. The summed E-state index contributed by atoms with van der Waals surface area (Å²) in [6.07, 6.45) is 3.16. The van der Waals surface area contributed by atoms with Gasteiger partial charge in [-0.05, 0) is 19.9 Å². The molecule has 0 atom stereocenters. The van der Waals surface area contributed by atoms with E-state index >= 15 is 0 Å². The van der Waals surface area contributed by atoms with Gasteiger partial charge >= 0.3 is 6.01 Å². The Balaban J connectivity index is 1.53. The fraction of sp³-hybridized carbons (Fsp3) is 0.471. The number of aromatic nitrogens is 4. The van der Waals surface area contributed by atoms with Crippen LogP contribution in [0.1, 0.15) is 12.6 Å². The van der Waals surface area contributed by atoms with Crippen molar-refractivity contribution < 1.29 is 9.53 Å². The van der Waals surface area contributed by atoms with Crippen LogP contribution < -0.4 is 15.0 Å². The summed E-state index contributed by atoms with van der Waals surface area (Å²) in [5, 5.41) is 3.15. The number of nitrogens with zero attached hydrogens (tertiary/aromatic N) is 6. The van der Waals surface area contributed by atoms with E-state index in [0.717, 1.165) is 31.1 Å². The second-order valence-electron chi connectivity index (χ2n) is 5.91. The first-order valence-electron chi connectivity index (χ1n) is 8.68. The highest BCUT2D eigenvalue weighted by Crippen LogP contribution is 2.17. The van der Waals surface area contributed by atoms with Crippen molar-refractivity contribution in [2.45, 2.75) is 13.8 Å². The summed E-state index contributed by atoms with van der Waals surface area (Å²) < 4.78 is 5.33. The number of hydrogen-bond donors (Lipinski definition) is 1. The Morgan fingerprint density at radius 1 is 1.19 bits per heavy atom. The monoisotopic (exact) mass is 357 g/mol. The van der Waals surface area contributed by atoms with Crippen LogP contribution in [-0.4, -0.2) is 70.1 Å². The number of amides is 1. The van der Waals surface area contributed by atoms with Crippen LogP contribution >= 0.6 is 0 Å². The predicted octanol–water partition coefficient (Wildman–Crippen LogP) is 0.734. The average molecular weight is 357 g/mol. The molecule has 1 saturated heterocycles. The average Bonchev–Trinajstić information content (AvgIpc) is 2.67. The van der Waals surface area contributed by atoms with Gasteiger partial charge in [-0.3, -0.25) is 4.79 Å². The molecule has 26 heavy (non-hydrogen) atoms. The Morgan fingerprint density at radius 2 is 1.92 bits per heavy atom. The van der Waals surface area contributed by atoms with E-state index in [2.05, 4.69) is 30.2 Å². The Labute approximate surface area is 152 Å². The molecule has 2 aromatic rings. The fourth-order valence-electron chi connectivity index (χ4n) is 2.71. The van der Waals surface area contributed by atoms with Crippen molar-refractivity contribution in [1.29, 1.82) is 0 Å². The van der Waals surface area contributed by atoms with Gasteiger partial charge in [0.15, 0.2) is 6.61 Å². The molecule has 138 valence electrons. The maximum atomic E-state index is 12.3. The van der Waals surface area contributed by atoms with Crippen LogP contribution in [0.2, 0.25) is 0 Å². The van der Waals surface area contributed by atoms with Gasteiger partial charge in [0.2, 0.25) is 5.95 Å². The van der Waals surface area contributed by atoms with E-state index in [0.29, 0.717) is 19.0 Å². The van der Waals surface area contributed by atoms with Gasteiger partial charge < -0.3 is 19.9 Å². The lowest BCUT2D eigenvalue weighted by Gasteiger charge is -2.35. The quantitative estimate of drug-likeness (QED) is 0.808. The maximum absolute atomic E-state index is 12.3. The standard InChI is InChI=1S/C17H23N7O2/c1-3-18-16-21-13(2)11-14(22-16)23-7-9-24(10-8-23)15(25)12-26-17-19-5-4-6-20-17/h4-6,11H,3,7-10,12H2,1-2H3,(H,18,21,22). The van der Waals surface area contributed by atoms with Crippen LogP contribution in [0.3, 0.4) is 0 Å². The second kappa shape index (κ2) is 8.41. The minimum Gasteiger partial charge on any atom is -0.453 e. The summed E-state index contributed by atoms with van der Waals surface area (Å²) in [5.41, 5.74) is 0.917. The molecule has 9 heteroatoms. The smallest absolute Gasteiger partial charge is 0.316 e. The molecule has 1 aliphatic rings. The zero-order valence-electron chi connectivity index (χ0n) is 15.1. The molecule has 0 aliphatic carbocycles. The normalized spacial score (nSPS) is 14.2. The first-order valence-corrected chi connectivity index (χ1v) is 8.68. The van der Waals surface area contributed by atoms with Crippen LogP contribution in [-0.2, 0) is 4.79 Å². The van der Waals surface area contributed by atoms with Gasteiger partial charge in [0, 0.05) is 56.9 Å². The van der Waals surface area contributed by atoms with Gasteiger partial charge in [-0.15, -0.1) is 0 Å². The molecule has 0 unspecified atom stereocenters. The SMILES string of the molecule is CCNc1nc(C)cc(N2CCN(C(=O)COc3ncccn3)CC2)n1. The minimum absolute atomic E-state index is 0.0544. The number of aryl methyl sites for hydroxylation is 1. The van der Waals surface area contributed by atoms with Crippen LogP contribution in [0.15, 0.2) is 24.5 Å². The van der Waals surface area contributed by atoms with Crippen molar-refractivity contribution in [1.82, 2.24) is 24.8 Å². The molecule has 0 aromatic carbocycles. The van der Waals surface area contributed by atoms with Gasteiger partial charge in [0.1, 0.15) is 5.82 Å². The number of anilines is 2. The van der Waals surface area contributed by atoms with E-state index in [1.807, 2.05) is 19.9 Å². The zero-order chi connectivity index (χ0) is 18.4. The van der Waals surface area contributed by atoms with Gasteiger partial charge in [0.05, 0.1) is 0 Å². The summed E-state index contributed by atoms with van der Waals surface area (Å²) >= 11 is 0. The third-order valence-corrected chi connectivity index (χ3v) is 4.00. The minimum atomic E-state index is -0.0655. The van der Waals surface area contributed by atoms with Gasteiger partial charge in [0.25, 0.3) is 5.91 Å². The molecule has 0 spiro atoms. The Hall–Kier alpha value is -2.97. The lowest BCUT2D eigenvalue weighted by atomic mass is 10.3. The van der Waals surface area contributed by atoms with E-state index in [1.54, 1.807) is 23.4 Å². The summed E-state index contributed by atoms with van der Waals surface area (Å²) in [6, 6.07) is 3.88. The highest BCUT2D eigenvalue weighted by molar-refractivity contribution is 5.78. The number of carbonyl (C=O) groups is 1. The van der Waals surface area contributed by atoms with Crippen LogP contribution in [0, 0.1) is 6.92 Å². The molecular formula is C17H23N7O2. The number of piperazine rings is 1. The molecule has 1 N–H and O–H groups in total. The third-order valence-electron chi connectivity index (χ3n) is 4.00. The molecule has 0 radical (unpaired) electrons. The molecule has 3 heterocycles. The van der Waals surface area contributed by atoms with E-state index in [4.69, 9.17) is 4.74 Å². The number of nitrogens with one attached hydrogen (secondary N) is 1. The summed E-state index contributed by atoms with van der Waals surface area (Å²) in [7, 11) is 0. The first kappa shape index (κ1) is 17.8. The van der Waals surface area contributed by atoms with Gasteiger partial charge in [-0.2, -0.15) is 4.98 Å². The molecule has 1 fully saturated rings. The lowest BCUT2D eigenvalue weighted by Crippen LogP contribution is -2.50. The Bertz CT molecular complexity index is 733. The highest BCUT2D eigenvalue weighted by Gasteiger charge is 2.23. The second-order valence-corrected chi connectivity index (χ2v) is 5.91. The van der Waals surface area contributed by atoms with E-state index in [1.165, 1.54) is 0 Å². The molecule has 9 nitrogen and oxygen atoms in total. The van der Waals surface area contributed by atoms with Crippen LogP contribution in [0.5, 0.6) is 6.01 Å². The Morgan fingerprint density at radius 3 is 2.62 bits per heavy atom. The molecule has 2 aromatic heterocycles. The molecule has 0 bridgehead atoms. The lowest BCUT2D eigenvalue weighted by molar-refractivity contribution is -0.133. The maximum Gasteiger partial charge on any atom is 0.316 e. The van der Waals surface area contributed by atoms with Crippen molar-refractivity contribution in [3.63, 3.8) is 0 Å². The molecule has 0 saturated carbocycles. The van der Waals surface area contributed by atoms with E-state index in [9.17, 15) is 4.79 Å². The number of carbonyl (C=O) groups excluding carboxylic acids is 1. The van der Waals surface area contributed by atoms with E-state index in [-0.39, 0.29) is 18.5 Å². The van der Waals surface area contributed by atoms with Crippen molar-refractivity contribution in [2.75, 3.05) is 49.5 Å². The number of hydrogen-bond acceptors (Lipinski definition) is 8. The predicted molar refractivity (Wildman–Crippen MR) is 97.3 cm³/mol. The highest BCUT2D eigenvalue weighted by atomic mass is 16.5. The van der Waals surface area contributed by atoms with Crippen molar-refractivity contribution in [3.8, 4) is 6.01 Å². The van der Waals surface area contributed by atoms with Crippen molar-refractivity contribution in [3.05, 3.63) is 30.2 Å². The van der Waals surface area contributed by atoms with Gasteiger partial charge in [-0.25, -0.2) is 15.0 Å². The third kappa shape index (κ3) is 4.56. The topological polar surface area (TPSA) is 96.4 Å². The Kier molecular flexibility index (Phi) is 5.77. The largest absolute Gasteiger partial charge is 0.453 e. The molecule has 1 aliphatic heterocycles. The zero-order valence-corrected chi connectivity index (χ0v) is 15.1. The van der Waals surface area contributed by atoms with E-state index < -0.39 is 0 Å². The van der Waals surface area contributed by atoms with Crippen LogP contribution in [0.4, 0.5) is 11.8 Å². The molecular weight excluding hydrogens is 334 g/mol.